The molecule has 0 N–H and O–H groups in total. The number of rotatable bonds is 14. The first-order valence-electron chi connectivity index (χ1n) is 10.9. The van der Waals surface area contributed by atoms with Crippen LogP contribution in [0.2, 0.25) is 0 Å². The largest absolute Gasteiger partial charge is 0.0654 e. The molecule has 0 heterocycles. The van der Waals surface area contributed by atoms with E-state index in [0.717, 1.165) is 11.8 Å². The van der Waals surface area contributed by atoms with Crippen molar-refractivity contribution >= 4 is 0 Å². The van der Waals surface area contributed by atoms with E-state index in [1.165, 1.54) is 77.0 Å². The highest BCUT2D eigenvalue weighted by atomic mass is 14.2. The third-order valence-corrected chi connectivity index (χ3v) is 5.48. The molecule has 0 radical (unpaired) electrons. The van der Waals surface area contributed by atoms with Crippen LogP contribution in [-0.2, 0) is 0 Å². The van der Waals surface area contributed by atoms with Gasteiger partial charge in [-0.15, -0.1) is 0 Å². The Bertz CT molecular complexity index is 355. The molecule has 0 aromatic heterocycles. The summed E-state index contributed by atoms with van der Waals surface area (Å²) in [6.45, 7) is 9.27. The third-order valence-electron chi connectivity index (χ3n) is 5.48. The average Bonchev–Trinajstić information content (AvgIpc) is 2.62. The summed E-state index contributed by atoms with van der Waals surface area (Å²) >= 11 is 0. The minimum absolute atomic E-state index is 0.780. The Kier molecular flexibility index (Phi) is 12.0. The quantitative estimate of drug-likeness (QED) is 0.320. The van der Waals surface area contributed by atoms with E-state index in [9.17, 15) is 0 Å². The van der Waals surface area contributed by atoms with Gasteiger partial charge in [0.15, 0.2) is 0 Å². The van der Waals surface area contributed by atoms with Crippen LogP contribution in [0.5, 0.6) is 0 Å². The fourth-order valence-corrected chi connectivity index (χ4v) is 3.82. The maximum absolute atomic E-state index is 2.58. The zero-order valence-corrected chi connectivity index (χ0v) is 16.9. The van der Waals surface area contributed by atoms with Gasteiger partial charge in [0, 0.05) is 0 Å². The van der Waals surface area contributed by atoms with E-state index in [4.69, 9.17) is 0 Å². The zero-order chi connectivity index (χ0) is 17.6. The van der Waals surface area contributed by atoms with E-state index in [1.807, 2.05) is 0 Å². The van der Waals surface area contributed by atoms with E-state index in [0.29, 0.717) is 0 Å². The van der Waals surface area contributed by atoms with Gasteiger partial charge >= 0.3 is 0 Å². The molecule has 0 aliphatic heterocycles. The molecule has 24 heavy (non-hydrogen) atoms. The van der Waals surface area contributed by atoms with Crippen LogP contribution in [0.25, 0.3) is 0 Å². The molecule has 0 spiro atoms. The Morgan fingerprint density at radius 2 is 0.917 bits per heavy atom. The Balaban J connectivity index is 2.88. The van der Waals surface area contributed by atoms with Gasteiger partial charge in [-0.3, -0.25) is 0 Å². The van der Waals surface area contributed by atoms with Crippen molar-refractivity contribution in [2.45, 2.75) is 117 Å². The molecule has 1 aromatic carbocycles. The molecule has 0 amide bonds. The second kappa shape index (κ2) is 13.5. The van der Waals surface area contributed by atoms with E-state index < -0.39 is 0 Å². The minimum atomic E-state index is 0.780. The standard InChI is InChI=1S/C24H42/c1-5-9-14-21(15-10-6-2)23-18-13-19-24(20-23)22(16-11-7-3)17-12-8-4/h13,18-22H,5-12,14-17H2,1-4H3. The Morgan fingerprint density at radius 1 is 0.583 bits per heavy atom. The Hall–Kier alpha value is -0.780. The zero-order valence-electron chi connectivity index (χ0n) is 16.9. The van der Waals surface area contributed by atoms with Crippen LogP contribution in [0.3, 0.4) is 0 Å². The van der Waals surface area contributed by atoms with Gasteiger partial charge in [-0.2, -0.15) is 0 Å². The summed E-state index contributed by atoms with van der Waals surface area (Å²) in [7, 11) is 0. The van der Waals surface area contributed by atoms with Crippen molar-refractivity contribution in [3.05, 3.63) is 35.4 Å². The van der Waals surface area contributed by atoms with Crippen LogP contribution < -0.4 is 0 Å². The Labute approximate surface area is 152 Å². The molecule has 0 unspecified atom stereocenters. The van der Waals surface area contributed by atoms with Crippen LogP contribution in [0.1, 0.15) is 128 Å². The maximum atomic E-state index is 2.58. The molecular weight excluding hydrogens is 288 g/mol. The summed E-state index contributed by atoms with van der Waals surface area (Å²) in [6.07, 6.45) is 16.2. The van der Waals surface area contributed by atoms with Crippen molar-refractivity contribution in [1.29, 1.82) is 0 Å². The van der Waals surface area contributed by atoms with Gasteiger partial charge in [0.25, 0.3) is 0 Å². The monoisotopic (exact) mass is 330 g/mol. The molecule has 0 bridgehead atoms. The highest BCUT2D eigenvalue weighted by Crippen LogP contribution is 2.33. The molecule has 0 heteroatoms. The van der Waals surface area contributed by atoms with Gasteiger partial charge in [-0.1, -0.05) is 103 Å². The lowest BCUT2D eigenvalue weighted by molar-refractivity contribution is 0.514. The molecule has 0 atom stereocenters. The van der Waals surface area contributed by atoms with E-state index in [-0.39, 0.29) is 0 Å². The van der Waals surface area contributed by atoms with E-state index in [2.05, 4.69) is 52.0 Å². The minimum Gasteiger partial charge on any atom is -0.0654 e. The molecule has 0 aliphatic carbocycles. The van der Waals surface area contributed by atoms with Crippen molar-refractivity contribution in [2.75, 3.05) is 0 Å². The predicted molar refractivity (Wildman–Crippen MR) is 110 cm³/mol. The fourth-order valence-electron chi connectivity index (χ4n) is 3.82. The fraction of sp³-hybridized carbons (Fsp3) is 0.750. The van der Waals surface area contributed by atoms with E-state index in [1.54, 1.807) is 11.1 Å². The van der Waals surface area contributed by atoms with Crippen molar-refractivity contribution < 1.29 is 0 Å². The van der Waals surface area contributed by atoms with Gasteiger partial charge in [0.2, 0.25) is 0 Å². The first kappa shape index (κ1) is 21.3. The molecule has 1 aromatic rings. The number of hydrogen-bond acceptors (Lipinski definition) is 0. The summed E-state index contributed by atoms with van der Waals surface area (Å²) in [5.41, 5.74) is 3.24. The van der Waals surface area contributed by atoms with Gasteiger partial charge in [0.05, 0.1) is 0 Å². The second-order valence-electron chi connectivity index (χ2n) is 7.63. The van der Waals surface area contributed by atoms with Gasteiger partial charge in [-0.25, -0.2) is 0 Å². The Morgan fingerprint density at radius 3 is 1.21 bits per heavy atom. The van der Waals surface area contributed by atoms with Crippen LogP contribution in [0, 0.1) is 0 Å². The smallest absolute Gasteiger partial charge is 0.0162 e. The molecule has 1 rings (SSSR count). The lowest BCUT2D eigenvalue weighted by Gasteiger charge is -2.21. The van der Waals surface area contributed by atoms with Crippen LogP contribution in [0.15, 0.2) is 24.3 Å². The molecule has 0 aliphatic rings. The summed E-state index contributed by atoms with van der Waals surface area (Å²) in [5.74, 6) is 1.56. The highest BCUT2D eigenvalue weighted by molar-refractivity contribution is 5.29. The second-order valence-corrected chi connectivity index (χ2v) is 7.63. The predicted octanol–water partition coefficient (Wildman–Crippen LogP) is 8.61. The SMILES string of the molecule is CCCCC(CCCC)c1cccc(C(CCCC)CCCC)c1. The summed E-state index contributed by atoms with van der Waals surface area (Å²) in [6, 6.07) is 9.71. The normalized spacial score (nSPS) is 11.6. The van der Waals surface area contributed by atoms with Gasteiger partial charge in [-0.05, 0) is 48.6 Å². The average molecular weight is 331 g/mol. The third kappa shape index (κ3) is 7.86. The van der Waals surface area contributed by atoms with Crippen molar-refractivity contribution in [3.63, 3.8) is 0 Å². The molecular formula is C24H42. The number of benzene rings is 1. The van der Waals surface area contributed by atoms with Gasteiger partial charge < -0.3 is 0 Å². The van der Waals surface area contributed by atoms with Gasteiger partial charge in [0.1, 0.15) is 0 Å². The van der Waals surface area contributed by atoms with Crippen LogP contribution >= 0.6 is 0 Å². The molecule has 0 nitrogen and oxygen atoms in total. The summed E-state index contributed by atoms with van der Waals surface area (Å²) < 4.78 is 0. The van der Waals surface area contributed by atoms with Crippen LogP contribution in [-0.4, -0.2) is 0 Å². The molecule has 138 valence electrons. The van der Waals surface area contributed by atoms with E-state index >= 15 is 0 Å². The lowest BCUT2D eigenvalue weighted by atomic mass is 9.84. The van der Waals surface area contributed by atoms with Crippen LogP contribution in [0.4, 0.5) is 0 Å². The summed E-state index contributed by atoms with van der Waals surface area (Å²) in [5, 5.41) is 0. The first-order valence-corrected chi connectivity index (χ1v) is 10.9. The molecule has 0 fully saturated rings. The number of unbranched alkanes of at least 4 members (excludes halogenated alkanes) is 4. The summed E-state index contributed by atoms with van der Waals surface area (Å²) in [4.78, 5) is 0. The van der Waals surface area contributed by atoms with Crippen molar-refractivity contribution in [1.82, 2.24) is 0 Å². The lowest BCUT2D eigenvalue weighted by Crippen LogP contribution is -2.04. The topological polar surface area (TPSA) is 0 Å². The first-order chi connectivity index (χ1) is 11.8. The highest BCUT2D eigenvalue weighted by Gasteiger charge is 2.15. The number of hydrogen-bond donors (Lipinski definition) is 0. The van der Waals surface area contributed by atoms with Crippen molar-refractivity contribution in [3.8, 4) is 0 Å². The maximum Gasteiger partial charge on any atom is -0.0162 e. The molecule has 0 saturated carbocycles. The molecule has 0 saturated heterocycles. The van der Waals surface area contributed by atoms with Crippen molar-refractivity contribution in [2.24, 2.45) is 0 Å².